The van der Waals surface area contributed by atoms with E-state index >= 15 is 0 Å². The monoisotopic (exact) mass is 455 g/mol. The predicted molar refractivity (Wildman–Crippen MR) is 130 cm³/mol. The van der Waals surface area contributed by atoms with E-state index in [2.05, 4.69) is 15.3 Å². The Hall–Kier alpha value is -4.26. The van der Waals surface area contributed by atoms with Gasteiger partial charge in [-0.3, -0.25) is 19.6 Å². The summed E-state index contributed by atoms with van der Waals surface area (Å²) in [6.07, 6.45) is 3.64. The van der Waals surface area contributed by atoms with Gasteiger partial charge in [0.2, 0.25) is 0 Å². The average molecular weight is 456 g/mol. The van der Waals surface area contributed by atoms with Crippen LogP contribution >= 0.6 is 0 Å². The first-order valence-electron chi connectivity index (χ1n) is 11.0. The van der Waals surface area contributed by atoms with Gasteiger partial charge < -0.3 is 14.8 Å². The van der Waals surface area contributed by atoms with Gasteiger partial charge in [0, 0.05) is 47.9 Å². The third-order valence-corrected chi connectivity index (χ3v) is 5.54. The molecule has 4 rings (SSSR count). The topological polar surface area (TPSA) is 90.4 Å². The van der Waals surface area contributed by atoms with Gasteiger partial charge in [0.25, 0.3) is 5.91 Å². The maximum Gasteiger partial charge on any atom is 0.251 e. The van der Waals surface area contributed by atoms with Crippen LogP contribution in [0.3, 0.4) is 0 Å². The molecule has 2 aromatic heterocycles. The second kappa shape index (κ2) is 10.1. The third-order valence-electron chi connectivity index (χ3n) is 5.54. The van der Waals surface area contributed by atoms with Gasteiger partial charge >= 0.3 is 0 Å². The number of nitrogens with zero attached hydrogens (tertiary/aromatic N) is 2. The Balaban J connectivity index is 1.53. The van der Waals surface area contributed by atoms with Crippen molar-refractivity contribution in [2.75, 3.05) is 7.11 Å². The molecule has 2 aromatic carbocycles. The first-order valence-corrected chi connectivity index (χ1v) is 11.0. The van der Waals surface area contributed by atoms with Crippen molar-refractivity contribution in [3.05, 3.63) is 89.4 Å². The van der Waals surface area contributed by atoms with Crippen molar-refractivity contribution in [3.63, 3.8) is 0 Å². The van der Waals surface area contributed by atoms with E-state index in [9.17, 15) is 9.59 Å². The number of fused-ring (bicyclic) bond motifs is 1. The zero-order valence-corrected chi connectivity index (χ0v) is 19.3. The highest BCUT2D eigenvalue weighted by atomic mass is 16.5. The predicted octanol–water partition coefficient (Wildman–Crippen LogP) is 5.26. The van der Waals surface area contributed by atoms with E-state index in [0.717, 1.165) is 22.0 Å². The number of methoxy groups -OCH3 is 1. The molecule has 1 amide bonds. The fourth-order valence-corrected chi connectivity index (χ4v) is 3.60. The van der Waals surface area contributed by atoms with Crippen molar-refractivity contribution in [1.82, 2.24) is 15.3 Å². The van der Waals surface area contributed by atoms with E-state index in [-0.39, 0.29) is 18.2 Å². The highest BCUT2D eigenvalue weighted by Crippen LogP contribution is 2.33. The minimum Gasteiger partial charge on any atom is -0.497 e. The summed E-state index contributed by atoms with van der Waals surface area (Å²) in [5.74, 6) is 1.67. The minimum atomic E-state index is -0.229. The number of carbonyl (C=O) groups excluding carboxylic acids is 2. The zero-order valence-electron chi connectivity index (χ0n) is 19.3. The van der Waals surface area contributed by atoms with Crippen LogP contribution in [0.2, 0.25) is 0 Å². The number of aromatic nitrogens is 2. The SMILES string of the molecule is CCC(=O)c1cc(CNC(=O)c2cccc(Oc3ccnc4cc(OC)ccc34)c2C)ccn1. The number of hydrogen-bond acceptors (Lipinski definition) is 6. The molecule has 1 N–H and O–H groups in total. The normalized spacial score (nSPS) is 10.7. The van der Waals surface area contributed by atoms with Crippen LogP contribution in [0.5, 0.6) is 17.2 Å². The Morgan fingerprint density at radius 1 is 0.971 bits per heavy atom. The summed E-state index contributed by atoms with van der Waals surface area (Å²) in [5.41, 5.74) is 3.19. The van der Waals surface area contributed by atoms with Crippen molar-refractivity contribution >= 4 is 22.6 Å². The lowest BCUT2D eigenvalue weighted by Crippen LogP contribution is -2.24. The van der Waals surface area contributed by atoms with Crippen LogP contribution in [0, 0.1) is 6.92 Å². The van der Waals surface area contributed by atoms with Gasteiger partial charge in [0.05, 0.1) is 12.6 Å². The number of amides is 1. The zero-order chi connectivity index (χ0) is 24.1. The molecule has 7 heteroatoms. The maximum atomic E-state index is 12.9. The van der Waals surface area contributed by atoms with Crippen molar-refractivity contribution in [2.45, 2.75) is 26.8 Å². The molecule has 0 saturated heterocycles. The number of benzene rings is 2. The molecule has 0 bridgehead atoms. The summed E-state index contributed by atoms with van der Waals surface area (Å²) in [7, 11) is 1.61. The van der Waals surface area contributed by atoms with Gasteiger partial charge in [-0.15, -0.1) is 0 Å². The summed E-state index contributed by atoms with van der Waals surface area (Å²) in [5, 5.41) is 3.76. The third kappa shape index (κ3) is 4.88. The second-order valence-corrected chi connectivity index (χ2v) is 7.73. The van der Waals surface area contributed by atoms with Gasteiger partial charge in [-0.1, -0.05) is 13.0 Å². The number of ether oxygens (including phenoxy) is 2. The smallest absolute Gasteiger partial charge is 0.251 e. The maximum absolute atomic E-state index is 12.9. The van der Waals surface area contributed by atoms with Crippen molar-refractivity contribution in [3.8, 4) is 17.2 Å². The summed E-state index contributed by atoms with van der Waals surface area (Å²) >= 11 is 0. The van der Waals surface area contributed by atoms with E-state index in [1.807, 2.05) is 31.2 Å². The molecule has 0 saturated carbocycles. The summed E-state index contributed by atoms with van der Waals surface area (Å²) in [6, 6.07) is 16.2. The van der Waals surface area contributed by atoms with E-state index in [0.29, 0.717) is 34.9 Å². The lowest BCUT2D eigenvalue weighted by atomic mass is 10.1. The van der Waals surface area contributed by atoms with E-state index < -0.39 is 0 Å². The van der Waals surface area contributed by atoms with Gasteiger partial charge in [-0.05, 0) is 55.0 Å². The van der Waals surface area contributed by atoms with Crippen LogP contribution in [-0.2, 0) is 6.54 Å². The van der Waals surface area contributed by atoms with Crippen LogP contribution in [-0.4, -0.2) is 28.8 Å². The van der Waals surface area contributed by atoms with Crippen LogP contribution in [0.4, 0.5) is 0 Å². The van der Waals surface area contributed by atoms with Gasteiger partial charge in [0.15, 0.2) is 5.78 Å². The number of nitrogens with one attached hydrogen (secondary N) is 1. The summed E-state index contributed by atoms with van der Waals surface area (Å²) in [6.45, 7) is 3.93. The molecular weight excluding hydrogens is 430 g/mol. The van der Waals surface area contributed by atoms with E-state index in [1.54, 1.807) is 56.8 Å². The molecule has 0 aliphatic carbocycles. The molecule has 0 spiro atoms. The molecule has 2 heterocycles. The summed E-state index contributed by atoms with van der Waals surface area (Å²) in [4.78, 5) is 33.3. The van der Waals surface area contributed by atoms with E-state index in [4.69, 9.17) is 9.47 Å². The number of hydrogen-bond donors (Lipinski definition) is 1. The molecule has 0 aliphatic rings. The fraction of sp³-hybridized carbons (Fsp3) is 0.185. The Bertz CT molecular complexity index is 1370. The molecule has 172 valence electrons. The van der Waals surface area contributed by atoms with Crippen molar-refractivity contribution in [1.29, 1.82) is 0 Å². The lowest BCUT2D eigenvalue weighted by molar-refractivity contribution is 0.0949. The quantitative estimate of drug-likeness (QED) is 0.365. The lowest BCUT2D eigenvalue weighted by Gasteiger charge is -2.14. The number of pyridine rings is 2. The highest BCUT2D eigenvalue weighted by molar-refractivity contribution is 5.96. The molecule has 7 nitrogen and oxygen atoms in total. The number of Topliss-reactive ketones (excluding diaryl/α,β-unsaturated/α-hetero) is 1. The molecule has 0 aliphatic heterocycles. The second-order valence-electron chi connectivity index (χ2n) is 7.73. The molecule has 0 unspecified atom stereocenters. The molecule has 0 atom stereocenters. The highest BCUT2D eigenvalue weighted by Gasteiger charge is 2.15. The van der Waals surface area contributed by atoms with Gasteiger partial charge in [0.1, 0.15) is 22.9 Å². The standard InChI is InChI=1S/C27H25N3O4/c1-4-24(31)23-14-18(10-12-29-23)16-30-27(32)20-6-5-7-25(17(20)2)34-26-11-13-28-22-15-19(33-3)8-9-21(22)26/h5-15H,4,16H2,1-3H3,(H,30,32). The van der Waals surface area contributed by atoms with Crippen LogP contribution in [0.1, 0.15) is 45.3 Å². The van der Waals surface area contributed by atoms with Crippen molar-refractivity contribution < 1.29 is 19.1 Å². The fourth-order valence-electron chi connectivity index (χ4n) is 3.60. The Labute approximate surface area is 197 Å². The molecule has 0 fully saturated rings. The average Bonchev–Trinajstić information content (AvgIpc) is 2.88. The Kier molecular flexibility index (Phi) is 6.82. The Morgan fingerprint density at radius 2 is 1.79 bits per heavy atom. The van der Waals surface area contributed by atoms with Crippen LogP contribution in [0.25, 0.3) is 10.9 Å². The van der Waals surface area contributed by atoms with E-state index in [1.165, 1.54) is 0 Å². The Morgan fingerprint density at radius 3 is 2.59 bits per heavy atom. The van der Waals surface area contributed by atoms with Gasteiger partial charge in [-0.25, -0.2) is 0 Å². The molecule has 34 heavy (non-hydrogen) atoms. The molecular formula is C27H25N3O4. The number of rotatable bonds is 8. The molecule has 0 radical (unpaired) electrons. The first-order chi connectivity index (χ1) is 16.5. The van der Waals surface area contributed by atoms with Crippen LogP contribution < -0.4 is 14.8 Å². The summed E-state index contributed by atoms with van der Waals surface area (Å²) < 4.78 is 11.5. The number of ketones is 1. The number of carbonyl (C=O) groups is 2. The minimum absolute atomic E-state index is 0.0315. The largest absolute Gasteiger partial charge is 0.497 e. The first kappa shape index (κ1) is 22.9. The van der Waals surface area contributed by atoms with Gasteiger partial charge in [-0.2, -0.15) is 0 Å². The van der Waals surface area contributed by atoms with Crippen LogP contribution in [0.15, 0.2) is 67.0 Å². The molecule has 4 aromatic rings. The van der Waals surface area contributed by atoms with Crippen molar-refractivity contribution in [2.24, 2.45) is 0 Å².